The summed E-state index contributed by atoms with van der Waals surface area (Å²) in [6, 6.07) is 7.50. The fourth-order valence-electron chi connectivity index (χ4n) is 1.48. The van der Waals surface area contributed by atoms with E-state index in [1.54, 1.807) is 6.33 Å². The normalized spacial score (nSPS) is 10.1. The van der Waals surface area contributed by atoms with E-state index in [4.69, 9.17) is 0 Å². The Bertz CT molecular complexity index is 518. The minimum Gasteiger partial charge on any atom is -0.326 e. The standard InChI is InChI=1S/C11H12N4O/c1-8(16)13-10-5-3-4-9(6-10)11-14-12-7-15(11)2/h3-7H,1-2H3,(H,13,16). The lowest BCUT2D eigenvalue weighted by molar-refractivity contribution is -0.114. The van der Waals surface area contributed by atoms with E-state index in [1.165, 1.54) is 6.92 Å². The minimum absolute atomic E-state index is 0.0879. The number of hydrogen-bond acceptors (Lipinski definition) is 3. The third-order valence-electron chi connectivity index (χ3n) is 2.15. The van der Waals surface area contributed by atoms with Crippen LogP contribution in [0.2, 0.25) is 0 Å². The van der Waals surface area contributed by atoms with Gasteiger partial charge in [-0.25, -0.2) is 0 Å². The molecule has 82 valence electrons. The molecule has 0 unspecified atom stereocenters. The van der Waals surface area contributed by atoms with Crippen molar-refractivity contribution in [3.05, 3.63) is 30.6 Å². The van der Waals surface area contributed by atoms with Crippen molar-refractivity contribution in [3.63, 3.8) is 0 Å². The van der Waals surface area contributed by atoms with Gasteiger partial charge in [0.05, 0.1) is 0 Å². The number of anilines is 1. The molecule has 0 spiro atoms. The number of carbonyl (C=O) groups excluding carboxylic acids is 1. The fourth-order valence-corrected chi connectivity index (χ4v) is 1.48. The number of benzene rings is 1. The number of aryl methyl sites for hydroxylation is 1. The highest BCUT2D eigenvalue weighted by atomic mass is 16.1. The van der Waals surface area contributed by atoms with E-state index >= 15 is 0 Å². The maximum Gasteiger partial charge on any atom is 0.221 e. The first-order valence-corrected chi connectivity index (χ1v) is 4.89. The Morgan fingerprint density at radius 1 is 1.44 bits per heavy atom. The monoisotopic (exact) mass is 216 g/mol. The second kappa shape index (κ2) is 4.14. The van der Waals surface area contributed by atoms with Crippen molar-refractivity contribution in [1.29, 1.82) is 0 Å². The lowest BCUT2D eigenvalue weighted by Crippen LogP contribution is -2.05. The van der Waals surface area contributed by atoms with E-state index in [-0.39, 0.29) is 5.91 Å². The van der Waals surface area contributed by atoms with Crippen molar-refractivity contribution in [2.75, 3.05) is 5.32 Å². The number of hydrogen-bond donors (Lipinski definition) is 1. The van der Waals surface area contributed by atoms with E-state index in [0.717, 1.165) is 17.1 Å². The summed E-state index contributed by atoms with van der Waals surface area (Å²) in [4.78, 5) is 10.9. The molecular weight excluding hydrogens is 204 g/mol. The van der Waals surface area contributed by atoms with Gasteiger partial charge in [-0.1, -0.05) is 12.1 Å². The van der Waals surface area contributed by atoms with Gasteiger partial charge in [0.2, 0.25) is 5.91 Å². The van der Waals surface area contributed by atoms with Gasteiger partial charge in [-0.15, -0.1) is 10.2 Å². The summed E-state index contributed by atoms with van der Waals surface area (Å²) < 4.78 is 1.83. The number of carbonyl (C=O) groups is 1. The lowest BCUT2D eigenvalue weighted by Gasteiger charge is -2.04. The Morgan fingerprint density at radius 3 is 2.88 bits per heavy atom. The highest BCUT2D eigenvalue weighted by molar-refractivity contribution is 5.89. The van der Waals surface area contributed by atoms with Crippen LogP contribution in [-0.2, 0) is 11.8 Å². The zero-order chi connectivity index (χ0) is 11.5. The summed E-state index contributed by atoms with van der Waals surface area (Å²) in [7, 11) is 1.88. The van der Waals surface area contributed by atoms with Gasteiger partial charge in [-0.05, 0) is 12.1 Å². The largest absolute Gasteiger partial charge is 0.326 e. The molecule has 0 saturated carbocycles. The van der Waals surface area contributed by atoms with Crippen LogP contribution in [0.5, 0.6) is 0 Å². The summed E-state index contributed by atoms with van der Waals surface area (Å²) in [5.74, 6) is 0.683. The molecule has 2 aromatic rings. The predicted molar refractivity (Wildman–Crippen MR) is 60.7 cm³/mol. The topological polar surface area (TPSA) is 59.8 Å². The van der Waals surface area contributed by atoms with Crippen LogP contribution < -0.4 is 5.32 Å². The smallest absolute Gasteiger partial charge is 0.221 e. The summed E-state index contributed by atoms with van der Waals surface area (Å²) in [6.45, 7) is 1.48. The van der Waals surface area contributed by atoms with Crippen LogP contribution in [0.25, 0.3) is 11.4 Å². The van der Waals surface area contributed by atoms with Crippen LogP contribution in [0, 0.1) is 0 Å². The van der Waals surface area contributed by atoms with Gasteiger partial charge < -0.3 is 9.88 Å². The Balaban J connectivity index is 2.36. The Hall–Kier alpha value is -2.17. The number of aromatic nitrogens is 3. The summed E-state index contributed by atoms with van der Waals surface area (Å²) >= 11 is 0. The van der Waals surface area contributed by atoms with Gasteiger partial charge in [-0.2, -0.15) is 0 Å². The van der Waals surface area contributed by atoms with Crippen molar-refractivity contribution < 1.29 is 4.79 Å². The van der Waals surface area contributed by atoms with Crippen LogP contribution in [0.15, 0.2) is 30.6 Å². The number of amides is 1. The average Bonchev–Trinajstić information content (AvgIpc) is 2.64. The van der Waals surface area contributed by atoms with Gasteiger partial charge in [0.15, 0.2) is 5.82 Å². The van der Waals surface area contributed by atoms with E-state index < -0.39 is 0 Å². The molecule has 5 nitrogen and oxygen atoms in total. The van der Waals surface area contributed by atoms with Gasteiger partial charge in [0, 0.05) is 25.2 Å². The first kappa shape index (κ1) is 10.4. The third kappa shape index (κ3) is 2.08. The molecule has 16 heavy (non-hydrogen) atoms. The Labute approximate surface area is 93.1 Å². The fraction of sp³-hybridized carbons (Fsp3) is 0.182. The quantitative estimate of drug-likeness (QED) is 0.826. The molecule has 0 aliphatic carbocycles. The van der Waals surface area contributed by atoms with Crippen molar-refractivity contribution in [2.24, 2.45) is 7.05 Å². The summed E-state index contributed by atoms with van der Waals surface area (Å²) in [5, 5.41) is 10.6. The first-order valence-electron chi connectivity index (χ1n) is 4.89. The summed E-state index contributed by atoms with van der Waals surface area (Å²) in [5.41, 5.74) is 1.68. The molecule has 2 rings (SSSR count). The molecule has 0 bridgehead atoms. The van der Waals surface area contributed by atoms with E-state index in [1.807, 2.05) is 35.9 Å². The molecule has 0 atom stereocenters. The Morgan fingerprint density at radius 2 is 2.25 bits per heavy atom. The molecule has 0 saturated heterocycles. The minimum atomic E-state index is -0.0879. The van der Waals surface area contributed by atoms with Crippen LogP contribution in [-0.4, -0.2) is 20.7 Å². The summed E-state index contributed by atoms with van der Waals surface area (Å²) in [6.07, 6.45) is 1.64. The van der Waals surface area contributed by atoms with Crippen molar-refractivity contribution in [2.45, 2.75) is 6.92 Å². The number of rotatable bonds is 2. The van der Waals surface area contributed by atoms with Gasteiger partial charge >= 0.3 is 0 Å². The molecule has 1 aromatic heterocycles. The molecule has 0 aliphatic heterocycles. The van der Waals surface area contributed by atoms with Gasteiger partial charge in [0.25, 0.3) is 0 Å². The van der Waals surface area contributed by atoms with E-state index in [2.05, 4.69) is 15.5 Å². The molecular formula is C11H12N4O. The Kier molecular flexibility index (Phi) is 2.68. The molecule has 0 fully saturated rings. The van der Waals surface area contributed by atoms with Gasteiger partial charge in [0.1, 0.15) is 6.33 Å². The number of nitrogens with one attached hydrogen (secondary N) is 1. The maximum absolute atomic E-state index is 10.9. The molecule has 0 radical (unpaired) electrons. The maximum atomic E-state index is 10.9. The highest BCUT2D eigenvalue weighted by Crippen LogP contribution is 2.19. The highest BCUT2D eigenvalue weighted by Gasteiger charge is 2.05. The van der Waals surface area contributed by atoms with E-state index in [0.29, 0.717) is 0 Å². The average molecular weight is 216 g/mol. The van der Waals surface area contributed by atoms with E-state index in [9.17, 15) is 4.79 Å². The van der Waals surface area contributed by atoms with Gasteiger partial charge in [-0.3, -0.25) is 4.79 Å². The molecule has 1 amide bonds. The SMILES string of the molecule is CC(=O)Nc1cccc(-c2nncn2C)c1. The molecule has 1 heterocycles. The zero-order valence-corrected chi connectivity index (χ0v) is 9.14. The molecule has 1 N–H and O–H groups in total. The molecule has 0 aliphatic rings. The second-order valence-electron chi connectivity index (χ2n) is 3.53. The van der Waals surface area contributed by atoms with Crippen LogP contribution in [0.4, 0.5) is 5.69 Å². The molecule has 1 aromatic carbocycles. The van der Waals surface area contributed by atoms with Crippen molar-refractivity contribution in [3.8, 4) is 11.4 Å². The molecule has 5 heteroatoms. The van der Waals surface area contributed by atoms with Crippen LogP contribution in [0.1, 0.15) is 6.92 Å². The second-order valence-corrected chi connectivity index (χ2v) is 3.53. The third-order valence-corrected chi connectivity index (χ3v) is 2.15. The van der Waals surface area contributed by atoms with Crippen LogP contribution in [0.3, 0.4) is 0 Å². The van der Waals surface area contributed by atoms with Crippen molar-refractivity contribution >= 4 is 11.6 Å². The lowest BCUT2D eigenvalue weighted by atomic mass is 10.2. The number of nitrogens with zero attached hydrogens (tertiary/aromatic N) is 3. The predicted octanol–water partition coefficient (Wildman–Crippen LogP) is 1.44. The zero-order valence-electron chi connectivity index (χ0n) is 9.14. The first-order chi connectivity index (χ1) is 7.66. The van der Waals surface area contributed by atoms with Crippen LogP contribution >= 0.6 is 0 Å². The van der Waals surface area contributed by atoms with Crippen molar-refractivity contribution in [1.82, 2.24) is 14.8 Å².